The van der Waals surface area contributed by atoms with Crippen LogP contribution in [0.3, 0.4) is 0 Å². The van der Waals surface area contributed by atoms with Crippen molar-refractivity contribution in [2.75, 3.05) is 0 Å². The second kappa shape index (κ2) is 7.83. The third-order valence-corrected chi connectivity index (χ3v) is 4.72. The van der Waals surface area contributed by atoms with Gasteiger partial charge >= 0.3 is 29.6 Å². The topological polar surface area (TPSA) is 0 Å². The molecule has 0 nitrogen and oxygen atoms in total. The fraction of sp³-hybridized carbons (Fsp3) is 0.100. The van der Waals surface area contributed by atoms with Crippen LogP contribution in [0.15, 0.2) is 91.0 Å². The van der Waals surface area contributed by atoms with Crippen molar-refractivity contribution in [1.29, 1.82) is 0 Å². The second-order valence-electron chi connectivity index (χ2n) is 5.69. The van der Waals surface area contributed by atoms with Crippen LogP contribution in [0.2, 0.25) is 6.32 Å². The molecule has 3 rings (SSSR count). The normalized spacial score (nSPS) is 10.8. The van der Waals surface area contributed by atoms with E-state index in [0.29, 0.717) is 0 Å². The fourth-order valence-corrected chi connectivity index (χ4v) is 3.63. The zero-order valence-electron chi connectivity index (χ0n) is 13.4. The molecule has 0 fully saturated rings. The van der Waals surface area contributed by atoms with E-state index < -0.39 is 6.15 Å². The number of rotatable bonds is 4. The molecule has 0 atom stereocenters. The van der Waals surface area contributed by atoms with Crippen LogP contribution in [0.4, 0.5) is 0 Å². The Hall–Kier alpha value is -1.28. The Morgan fingerprint density at radius 3 is 1.05 bits per heavy atom. The molecule has 0 spiro atoms. The van der Waals surface area contributed by atoms with Gasteiger partial charge in [0.15, 0.2) is 0 Å². The predicted molar refractivity (Wildman–Crippen MR) is 94.5 cm³/mol. The molecule has 0 bridgehead atoms. The van der Waals surface area contributed by atoms with E-state index in [1.165, 1.54) is 16.4 Å². The molecule has 0 saturated carbocycles. The Labute approximate surface area is 155 Å². The molecule has 104 valence electrons. The molecule has 0 saturated heterocycles. The van der Waals surface area contributed by atoms with Crippen molar-refractivity contribution in [3.63, 3.8) is 0 Å². The van der Waals surface area contributed by atoms with Gasteiger partial charge in [0.25, 0.3) is 0 Å². The quantitative estimate of drug-likeness (QED) is 0.602. The maximum Gasteiger partial charge on any atom is 1.00 e. The van der Waals surface area contributed by atoms with Gasteiger partial charge in [0.05, 0.1) is 6.15 Å². The summed E-state index contributed by atoms with van der Waals surface area (Å²) in [6.07, 6.45) is 0.197. The number of hydrogen-bond donors (Lipinski definition) is 0. The van der Waals surface area contributed by atoms with Gasteiger partial charge in [0.2, 0.25) is 0 Å². The number of hydrogen-bond acceptors (Lipinski definition) is 0. The van der Waals surface area contributed by atoms with Crippen LogP contribution in [0.25, 0.3) is 0 Å². The van der Waals surface area contributed by atoms with Crippen LogP contribution in [-0.4, -0.2) is 6.15 Å². The summed E-state index contributed by atoms with van der Waals surface area (Å²) in [5, 5.41) is 0. The van der Waals surface area contributed by atoms with E-state index in [2.05, 4.69) is 97.9 Å². The summed E-state index contributed by atoms with van der Waals surface area (Å²) in [7, 11) is 0. The van der Waals surface area contributed by atoms with Gasteiger partial charge in [-0.05, 0) is 0 Å². The van der Waals surface area contributed by atoms with Crippen LogP contribution < -0.4 is 45.9 Å². The van der Waals surface area contributed by atoms with Gasteiger partial charge in [-0.2, -0.15) is 22.7 Å². The first-order valence-electron chi connectivity index (χ1n) is 7.71. The molecule has 0 N–H and O–H groups in total. The van der Waals surface area contributed by atoms with Gasteiger partial charge < -0.3 is 0 Å². The summed E-state index contributed by atoms with van der Waals surface area (Å²) in [6, 6.07) is 32.8. The first-order chi connectivity index (χ1) is 10.4. The van der Waals surface area contributed by atoms with Crippen molar-refractivity contribution in [3.8, 4) is 0 Å². The Balaban J connectivity index is 0.00000176. The molecule has 0 aliphatic rings. The van der Waals surface area contributed by atoms with Crippen molar-refractivity contribution in [1.82, 2.24) is 0 Å². The van der Waals surface area contributed by atoms with Gasteiger partial charge in [-0.25, -0.2) is 0 Å². The standard InChI is InChI=1S/C20H20B.Na/c1-2-21(18-12-6-3-7-13-18,19-14-8-4-9-15-19)20-16-10-5-11-17-20;/h3-17H,2H2,1H3;/q-1;+1. The van der Waals surface area contributed by atoms with Crippen LogP contribution in [0, 0.1) is 0 Å². The fourth-order valence-electron chi connectivity index (χ4n) is 3.63. The van der Waals surface area contributed by atoms with E-state index in [-0.39, 0.29) is 29.6 Å². The van der Waals surface area contributed by atoms with E-state index >= 15 is 0 Å². The summed E-state index contributed by atoms with van der Waals surface area (Å²) in [4.78, 5) is 0. The van der Waals surface area contributed by atoms with Gasteiger partial charge in [0.1, 0.15) is 0 Å². The molecule has 2 heteroatoms. The Kier molecular flexibility index (Phi) is 6.08. The molecule has 0 heterocycles. The van der Waals surface area contributed by atoms with E-state index in [1.54, 1.807) is 0 Å². The van der Waals surface area contributed by atoms with Crippen molar-refractivity contribution in [2.45, 2.75) is 13.2 Å². The molecule has 3 aromatic carbocycles. The summed E-state index contributed by atoms with van der Waals surface area (Å²) in [6.45, 7) is 2.30. The molecule has 0 unspecified atom stereocenters. The molecular weight excluding hydrogens is 274 g/mol. The largest absolute Gasteiger partial charge is 1.00 e. The third kappa shape index (κ3) is 3.08. The molecule has 0 aliphatic carbocycles. The minimum atomic E-state index is -0.898. The smallest absolute Gasteiger partial charge is 0.200 e. The van der Waals surface area contributed by atoms with Gasteiger partial charge in [0, 0.05) is 0 Å². The van der Waals surface area contributed by atoms with E-state index in [0.717, 1.165) is 6.32 Å². The van der Waals surface area contributed by atoms with Crippen molar-refractivity contribution < 1.29 is 29.6 Å². The minimum Gasteiger partial charge on any atom is -0.200 e. The van der Waals surface area contributed by atoms with Crippen LogP contribution in [0.1, 0.15) is 6.92 Å². The Morgan fingerprint density at radius 1 is 0.545 bits per heavy atom. The Morgan fingerprint density at radius 2 is 0.818 bits per heavy atom. The summed E-state index contributed by atoms with van der Waals surface area (Å²) in [5.74, 6) is 0. The van der Waals surface area contributed by atoms with Crippen LogP contribution in [-0.2, 0) is 0 Å². The van der Waals surface area contributed by atoms with E-state index in [4.69, 9.17) is 0 Å². The van der Waals surface area contributed by atoms with Gasteiger partial charge in [-0.1, -0.05) is 97.9 Å². The summed E-state index contributed by atoms with van der Waals surface area (Å²) < 4.78 is 0. The average Bonchev–Trinajstić information content (AvgIpc) is 2.59. The molecular formula is C20H20BNa. The molecule has 0 amide bonds. The van der Waals surface area contributed by atoms with Crippen molar-refractivity contribution in [2.24, 2.45) is 0 Å². The molecule has 0 radical (unpaired) electrons. The average molecular weight is 294 g/mol. The van der Waals surface area contributed by atoms with E-state index in [9.17, 15) is 0 Å². The van der Waals surface area contributed by atoms with Gasteiger partial charge in [-0.3, -0.25) is 0 Å². The predicted octanol–water partition coefficient (Wildman–Crippen LogP) is 0.181. The zero-order valence-corrected chi connectivity index (χ0v) is 15.4. The monoisotopic (exact) mass is 294 g/mol. The van der Waals surface area contributed by atoms with Gasteiger partial charge in [-0.15, -0.1) is 0 Å². The second-order valence-corrected chi connectivity index (χ2v) is 5.69. The first-order valence-corrected chi connectivity index (χ1v) is 7.71. The summed E-state index contributed by atoms with van der Waals surface area (Å²) >= 11 is 0. The maximum absolute atomic E-state index is 2.30. The van der Waals surface area contributed by atoms with E-state index in [1.807, 2.05) is 0 Å². The van der Waals surface area contributed by atoms with Crippen LogP contribution >= 0.6 is 0 Å². The first kappa shape index (κ1) is 17.1. The van der Waals surface area contributed by atoms with Crippen LogP contribution in [0.5, 0.6) is 0 Å². The van der Waals surface area contributed by atoms with Crippen molar-refractivity contribution in [3.05, 3.63) is 91.0 Å². The minimum absolute atomic E-state index is 0. The SMILES string of the molecule is CC[B-](c1ccccc1)(c1ccccc1)c1ccccc1.[Na+]. The molecule has 22 heavy (non-hydrogen) atoms. The number of benzene rings is 3. The zero-order chi connectivity index (χ0) is 14.5. The Bertz CT molecular complexity index is 584. The molecule has 0 aliphatic heterocycles. The third-order valence-electron chi connectivity index (χ3n) is 4.72. The maximum atomic E-state index is 2.30. The van der Waals surface area contributed by atoms with Crippen molar-refractivity contribution >= 4 is 22.5 Å². The molecule has 0 aromatic heterocycles. The summed E-state index contributed by atoms with van der Waals surface area (Å²) in [5.41, 5.74) is 4.24. The molecule has 3 aromatic rings.